The predicted octanol–water partition coefficient (Wildman–Crippen LogP) is 4.49. The number of carbonyl (C=O) groups is 1. The lowest BCUT2D eigenvalue weighted by Gasteiger charge is -2.33. The monoisotopic (exact) mass is 445 g/mol. The minimum Gasteiger partial charge on any atom is -0.371 e. The number of anilines is 1. The number of benzene rings is 2. The van der Waals surface area contributed by atoms with Crippen molar-refractivity contribution in [1.82, 2.24) is 10.2 Å². The second-order valence-electron chi connectivity index (χ2n) is 8.75. The number of nitrogens with one attached hydrogen (secondary N) is 1. The zero-order valence-electron chi connectivity index (χ0n) is 18.2. The molecule has 172 valence electrons. The van der Waals surface area contributed by atoms with Gasteiger partial charge in [-0.15, -0.1) is 0 Å². The van der Waals surface area contributed by atoms with Gasteiger partial charge >= 0.3 is 6.18 Å². The Hall–Kier alpha value is -2.54. The zero-order valence-corrected chi connectivity index (χ0v) is 18.2. The normalized spacial score (nSPS) is 17.8. The van der Waals surface area contributed by atoms with Crippen molar-refractivity contribution in [2.45, 2.75) is 38.4 Å². The third-order valence-corrected chi connectivity index (χ3v) is 6.59. The van der Waals surface area contributed by atoms with Crippen molar-refractivity contribution < 1.29 is 18.0 Å². The van der Waals surface area contributed by atoms with Crippen LogP contribution in [0, 0.1) is 5.92 Å². The van der Waals surface area contributed by atoms with Gasteiger partial charge in [0.15, 0.2) is 0 Å². The number of halogens is 3. The molecule has 2 aromatic carbocycles. The number of hydrogen-bond donors (Lipinski definition) is 1. The summed E-state index contributed by atoms with van der Waals surface area (Å²) in [6.45, 7) is 5.05. The molecule has 0 spiro atoms. The first-order chi connectivity index (χ1) is 15.4. The van der Waals surface area contributed by atoms with Crippen LogP contribution in [0.2, 0.25) is 0 Å². The van der Waals surface area contributed by atoms with Gasteiger partial charge in [-0.3, -0.25) is 9.69 Å². The highest BCUT2D eigenvalue weighted by Crippen LogP contribution is 2.31. The average molecular weight is 446 g/mol. The first-order valence-electron chi connectivity index (χ1n) is 11.4. The van der Waals surface area contributed by atoms with Crippen LogP contribution in [0.4, 0.5) is 18.9 Å². The van der Waals surface area contributed by atoms with E-state index in [9.17, 15) is 18.0 Å². The van der Waals surface area contributed by atoms with Gasteiger partial charge in [0.2, 0.25) is 5.91 Å². The van der Waals surface area contributed by atoms with Crippen LogP contribution in [0.15, 0.2) is 48.5 Å². The lowest BCUT2D eigenvalue weighted by Crippen LogP contribution is -2.41. The average Bonchev–Trinajstić information content (AvgIpc) is 2.81. The molecule has 2 aromatic rings. The van der Waals surface area contributed by atoms with E-state index in [1.54, 1.807) is 0 Å². The van der Waals surface area contributed by atoms with Crippen LogP contribution in [0.25, 0.3) is 0 Å². The molecule has 0 radical (unpaired) electrons. The van der Waals surface area contributed by atoms with E-state index in [-0.39, 0.29) is 11.8 Å². The van der Waals surface area contributed by atoms with Crippen molar-refractivity contribution in [3.05, 3.63) is 65.2 Å². The van der Waals surface area contributed by atoms with Crippen molar-refractivity contribution >= 4 is 11.6 Å². The Morgan fingerprint density at radius 3 is 2.34 bits per heavy atom. The van der Waals surface area contributed by atoms with E-state index in [2.05, 4.69) is 39.4 Å². The van der Waals surface area contributed by atoms with Crippen molar-refractivity contribution in [1.29, 1.82) is 0 Å². The molecule has 0 unspecified atom stereocenters. The largest absolute Gasteiger partial charge is 0.416 e. The summed E-state index contributed by atoms with van der Waals surface area (Å²) in [5.41, 5.74) is 2.99. The standard InChI is InChI=1S/C25H30F3N3O/c26-25(27,28)22-6-8-23(9-7-22)31-16-11-20(12-17-31)24(32)29-13-3-14-30-15-10-19-4-1-2-5-21(19)18-30/h1-2,4-9,20H,3,10-18H2,(H,29,32). The zero-order chi connectivity index (χ0) is 22.6. The number of alkyl halides is 3. The Labute approximate surface area is 187 Å². The summed E-state index contributed by atoms with van der Waals surface area (Å²) in [5.74, 6) is 0.0728. The summed E-state index contributed by atoms with van der Waals surface area (Å²) in [4.78, 5) is 17.0. The molecule has 0 aromatic heterocycles. The first-order valence-corrected chi connectivity index (χ1v) is 11.4. The molecule has 1 saturated heterocycles. The summed E-state index contributed by atoms with van der Waals surface area (Å²) < 4.78 is 38.2. The molecule has 2 heterocycles. The smallest absolute Gasteiger partial charge is 0.371 e. The van der Waals surface area contributed by atoms with Crippen LogP contribution in [-0.2, 0) is 23.9 Å². The molecular formula is C25H30F3N3O. The third-order valence-electron chi connectivity index (χ3n) is 6.59. The third kappa shape index (κ3) is 5.63. The van der Waals surface area contributed by atoms with Gasteiger partial charge in [0.05, 0.1) is 5.56 Å². The maximum absolute atomic E-state index is 12.7. The molecule has 7 heteroatoms. The fraction of sp³-hybridized carbons (Fsp3) is 0.480. The molecule has 4 nitrogen and oxygen atoms in total. The number of fused-ring (bicyclic) bond motifs is 1. The molecule has 0 atom stereocenters. The fourth-order valence-electron chi connectivity index (χ4n) is 4.66. The SMILES string of the molecule is O=C(NCCCN1CCc2ccccc2C1)C1CCN(c2ccc(C(F)(F)F)cc2)CC1. The van der Waals surface area contributed by atoms with Gasteiger partial charge in [-0.1, -0.05) is 24.3 Å². The van der Waals surface area contributed by atoms with Crippen LogP contribution in [0.1, 0.15) is 36.0 Å². The topological polar surface area (TPSA) is 35.6 Å². The molecule has 0 bridgehead atoms. The van der Waals surface area contributed by atoms with E-state index in [1.807, 2.05) is 0 Å². The minimum atomic E-state index is -4.32. The Balaban J connectivity index is 1.15. The predicted molar refractivity (Wildman–Crippen MR) is 119 cm³/mol. The Kier molecular flexibility index (Phi) is 7.04. The van der Waals surface area contributed by atoms with Crippen molar-refractivity contribution in [3.63, 3.8) is 0 Å². The van der Waals surface area contributed by atoms with Gasteiger partial charge < -0.3 is 10.2 Å². The van der Waals surface area contributed by atoms with E-state index in [0.29, 0.717) is 19.6 Å². The maximum Gasteiger partial charge on any atom is 0.416 e. The fourth-order valence-corrected chi connectivity index (χ4v) is 4.66. The van der Waals surface area contributed by atoms with Crippen LogP contribution in [-0.4, -0.2) is 43.5 Å². The number of piperidine rings is 1. The Bertz CT molecular complexity index is 905. The molecule has 0 saturated carbocycles. The van der Waals surface area contributed by atoms with Gasteiger partial charge in [0.1, 0.15) is 0 Å². The number of nitrogens with zero attached hydrogens (tertiary/aromatic N) is 2. The molecule has 0 aliphatic carbocycles. The molecular weight excluding hydrogens is 415 g/mol. The minimum absolute atomic E-state index is 0.0254. The second-order valence-corrected chi connectivity index (χ2v) is 8.75. The number of amides is 1. The molecule has 1 N–H and O–H groups in total. The van der Waals surface area contributed by atoms with Crippen molar-refractivity contribution in [2.24, 2.45) is 5.92 Å². The van der Waals surface area contributed by atoms with E-state index >= 15 is 0 Å². The summed E-state index contributed by atoms with van der Waals surface area (Å²) >= 11 is 0. The Morgan fingerprint density at radius 2 is 1.66 bits per heavy atom. The van der Waals surface area contributed by atoms with Gasteiger partial charge in [-0.2, -0.15) is 13.2 Å². The highest BCUT2D eigenvalue weighted by atomic mass is 19.4. The summed E-state index contributed by atoms with van der Waals surface area (Å²) in [6, 6.07) is 13.9. The van der Waals surface area contributed by atoms with Crippen LogP contribution in [0.5, 0.6) is 0 Å². The Morgan fingerprint density at radius 1 is 0.969 bits per heavy atom. The van der Waals surface area contributed by atoms with Gasteiger partial charge in [-0.05, 0) is 61.1 Å². The van der Waals surface area contributed by atoms with E-state index in [0.717, 1.165) is 63.1 Å². The molecule has 2 aliphatic heterocycles. The highest BCUT2D eigenvalue weighted by Gasteiger charge is 2.30. The molecule has 32 heavy (non-hydrogen) atoms. The highest BCUT2D eigenvalue weighted by molar-refractivity contribution is 5.79. The van der Waals surface area contributed by atoms with Gasteiger partial charge in [0, 0.05) is 50.9 Å². The van der Waals surface area contributed by atoms with E-state index in [4.69, 9.17) is 0 Å². The van der Waals surface area contributed by atoms with Crippen LogP contribution in [0.3, 0.4) is 0 Å². The molecule has 2 aliphatic rings. The quantitative estimate of drug-likeness (QED) is 0.666. The number of carbonyl (C=O) groups excluding carboxylic acids is 1. The lowest BCUT2D eigenvalue weighted by molar-refractivity contribution is -0.137. The second kappa shape index (κ2) is 9.94. The van der Waals surface area contributed by atoms with Crippen LogP contribution >= 0.6 is 0 Å². The molecule has 1 fully saturated rings. The van der Waals surface area contributed by atoms with Crippen LogP contribution < -0.4 is 10.2 Å². The summed E-state index contributed by atoms with van der Waals surface area (Å²) in [5, 5.41) is 3.08. The first kappa shape index (κ1) is 22.6. The molecule has 1 amide bonds. The molecule has 4 rings (SSSR count). The van der Waals surface area contributed by atoms with Gasteiger partial charge in [0.25, 0.3) is 0 Å². The summed E-state index contributed by atoms with van der Waals surface area (Å²) in [6.07, 6.45) is -0.869. The van der Waals surface area contributed by atoms with E-state index in [1.165, 1.54) is 23.3 Å². The number of hydrogen-bond acceptors (Lipinski definition) is 3. The lowest BCUT2D eigenvalue weighted by atomic mass is 9.95. The number of rotatable bonds is 6. The van der Waals surface area contributed by atoms with E-state index < -0.39 is 11.7 Å². The maximum atomic E-state index is 12.7. The van der Waals surface area contributed by atoms with Crippen molar-refractivity contribution in [2.75, 3.05) is 37.6 Å². The van der Waals surface area contributed by atoms with Gasteiger partial charge in [-0.25, -0.2) is 0 Å². The van der Waals surface area contributed by atoms with Crippen molar-refractivity contribution in [3.8, 4) is 0 Å². The summed E-state index contributed by atoms with van der Waals surface area (Å²) in [7, 11) is 0.